The van der Waals surface area contributed by atoms with Crippen molar-refractivity contribution in [1.29, 1.82) is 0 Å². The summed E-state index contributed by atoms with van der Waals surface area (Å²) in [7, 11) is 0. The Bertz CT molecular complexity index is 2330. The maximum absolute atomic E-state index is 14.5. The van der Waals surface area contributed by atoms with E-state index in [0.29, 0.717) is 41.0 Å². The number of allylic oxidation sites excluding steroid dienone is 2. The Morgan fingerprint density at radius 3 is 2.31 bits per heavy atom. The van der Waals surface area contributed by atoms with Gasteiger partial charge in [0.25, 0.3) is 0 Å². The number of benzene rings is 3. The van der Waals surface area contributed by atoms with Crippen LogP contribution < -0.4 is 4.74 Å². The Labute approximate surface area is 333 Å². The average Bonchev–Trinajstić information content (AvgIpc) is 3.72. The van der Waals surface area contributed by atoms with Gasteiger partial charge in [-0.05, 0) is 74.6 Å². The predicted molar refractivity (Wildman–Crippen MR) is 211 cm³/mol. The minimum absolute atomic E-state index is 0. The Balaban J connectivity index is 0.00000413. The Morgan fingerprint density at radius 1 is 0.796 bits per heavy atom. The molecule has 3 aromatic heterocycles. The average molecular weight is 900 g/mol. The number of para-hydroxylation sites is 1. The molecule has 2 atom stereocenters. The van der Waals surface area contributed by atoms with Crippen molar-refractivity contribution in [1.82, 2.24) is 19.3 Å². The molecule has 2 fully saturated rings. The fourth-order valence-corrected chi connectivity index (χ4v) is 9.88. The second-order valence-electron chi connectivity index (χ2n) is 16.0. The maximum atomic E-state index is 14.5. The zero-order chi connectivity index (χ0) is 36.1. The Kier molecular flexibility index (Phi) is 10.7. The van der Waals surface area contributed by atoms with Crippen molar-refractivity contribution in [3.63, 3.8) is 0 Å². The van der Waals surface area contributed by atoms with Crippen LogP contribution in [0.25, 0.3) is 33.3 Å². The molecule has 0 aliphatic heterocycles. The van der Waals surface area contributed by atoms with Gasteiger partial charge in [-0.3, -0.25) is 4.68 Å². The number of hydrogen-bond acceptors (Lipinski definition) is 3. The van der Waals surface area contributed by atoms with Gasteiger partial charge in [0.15, 0.2) is 0 Å². The zero-order valence-electron chi connectivity index (χ0n) is 31.6. The van der Waals surface area contributed by atoms with E-state index in [2.05, 4.69) is 66.8 Å². The number of aromatic nitrogens is 4. The van der Waals surface area contributed by atoms with Crippen molar-refractivity contribution in [3.8, 4) is 23.0 Å². The molecular formula is C47H49FN4OPt. The standard InChI is InChI=1S/C47H49FN4O.Pt/c1-30-25-36(28-38(26-30)53-37-21-22-40-39-19-10-11-20-41(39)51(42(40)29-37)43-27-35(48)23-24-49-43)52-47(34-17-8-5-9-18-34)45(44-31(2)13-12-14-32(44)3)46(50-52)33-15-6-4-7-16-33;/h10-11,13,19-27,32-34,44H,4-9,12,14-18H2,1-3H3;/q-2;+2/t32-,44?;/m0./s1. The molecule has 3 aliphatic rings. The molecule has 0 radical (unpaired) electrons. The van der Waals surface area contributed by atoms with E-state index in [0.717, 1.165) is 33.1 Å². The van der Waals surface area contributed by atoms with E-state index >= 15 is 0 Å². The summed E-state index contributed by atoms with van der Waals surface area (Å²) in [5.74, 6) is 3.36. The monoisotopic (exact) mass is 899 g/mol. The smallest absolute Gasteiger partial charge is 0.509 e. The van der Waals surface area contributed by atoms with Crippen molar-refractivity contribution in [3.05, 3.63) is 119 Å². The van der Waals surface area contributed by atoms with Crippen molar-refractivity contribution >= 4 is 21.8 Å². The van der Waals surface area contributed by atoms with Crippen LogP contribution in [0.1, 0.15) is 131 Å². The van der Waals surface area contributed by atoms with Crippen LogP contribution in [0.3, 0.4) is 0 Å². The van der Waals surface area contributed by atoms with E-state index in [9.17, 15) is 4.39 Å². The molecule has 2 saturated carbocycles. The fourth-order valence-electron chi connectivity index (χ4n) is 9.88. The number of halogens is 1. The molecule has 54 heavy (non-hydrogen) atoms. The Morgan fingerprint density at radius 2 is 1.56 bits per heavy atom. The fraction of sp³-hybridized carbons (Fsp3) is 0.404. The normalized spacial score (nSPS) is 19.9. The molecular weight excluding hydrogens is 851 g/mol. The SMILES string of the molecule is CC1=CCC[C@H](C)C1c1c(C2CCCCC2)nn(-c2[c-]c(Oc3[c-]c4c(cc3)c3ccccc3n4-c3cc(F)ccn3)cc(C)c2)c1C1CCCCC1.[Pt+2]. The van der Waals surface area contributed by atoms with E-state index < -0.39 is 0 Å². The molecule has 0 saturated heterocycles. The number of rotatable bonds is 7. The Hall–Kier alpha value is -4.02. The molecule has 1 unspecified atom stereocenters. The number of aryl methyl sites for hydroxylation is 1. The van der Waals surface area contributed by atoms with Crippen molar-refractivity contribution in [2.75, 3.05) is 0 Å². The van der Waals surface area contributed by atoms with E-state index in [1.54, 1.807) is 5.56 Å². The summed E-state index contributed by atoms with van der Waals surface area (Å²) in [4.78, 5) is 4.53. The molecule has 280 valence electrons. The molecule has 0 spiro atoms. The molecule has 9 rings (SSSR count). The molecule has 3 heterocycles. The molecule has 3 aromatic carbocycles. The maximum Gasteiger partial charge on any atom is 2.00 e. The first-order chi connectivity index (χ1) is 25.9. The van der Waals surface area contributed by atoms with Crippen LogP contribution in [-0.2, 0) is 21.1 Å². The molecule has 0 bridgehead atoms. The van der Waals surface area contributed by atoms with E-state index in [1.165, 1.54) is 112 Å². The van der Waals surface area contributed by atoms with Gasteiger partial charge >= 0.3 is 21.1 Å². The first-order valence-corrected chi connectivity index (χ1v) is 20.0. The summed E-state index contributed by atoms with van der Waals surface area (Å²) < 4.78 is 25.4. The van der Waals surface area contributed by atoms with Crippen LogP contribution in [0.5, 0.6) is 11.5 Å². The molecule has 0 amide bonds. The van der Waals surface area contributed by atoms with Crippen LogP contribution in [0.2, 0.25) is 0 Å². The number of pyridine rings is 1. The summed E-state index contributed by atoms with van der Waals surface area (Å²) in [6, 6.07) is 26.5. The third kappa shape index (κ3) is 6.89. The predicted octanol–water partition coefficient (Wildman–Crippen LogP) is 12.8. The number of hydrogen-bond donors (Lipinski definition) is 0. The number of ether oxygens (including phenoxy) is 1. The summed E-state index contributed by atoms with van der Waals surface area (Å²) >= 11 is 0. The largest absolute Gasteiger partial charge is 2.00 e. The van der Waals surface area contributed by atoms with Gasteiger partial charge in [-0.15, -0.1) is 35.7 Å². The van der Waals surface area contributed by atoms with Crippen molar-refractivity contribution in [2.45, 2.75) is 116 Å². The first kappa shape index (κ1) is 36.9. The molecule has 3 aliphatic carbocycles. The third-order valence-electron chi connectivity index (χ3n) is 12.3. The van der Waals surface area contributed by atoms with E-state index in [1.807, 2.05) is 34.9 Å². The van der Waals surface area contributed by atoms with Crippen LogP contribution in [0.15, 0.2) is 78.5 Å². The third-order valence-corrected chi connectivity index (χ3v) is 12.3. The second-order valence-corrected chi connectivity index (χ2v) is 16.0. The minimum atomic E-state index is -0.333. The summed E-state index contributed by atoms with van der Waals surface area (Å²) in [6.45, 7) is 6.97. The van der Waals surface area contributed by atoms with Gasteiger partial charge in [-0.2, -0.15) is 16.7 Å². The number of fused-ring (bicyclic) bond motifs is 3. The van der Waals surface area contributed by atoms with Gasteiger partial charge in [-0.25, -0.2) is 9.37 Å². The summed E-state index contributed by atoms with van der Waals surface area (Å²) in [5, 5.41) is 7.74. The van der Waals surface area contributed by atoms with Gasteiger partial charge in [0, 0.05) is 58.3 Å². The van der Waals surface area contributed by atoms with Gasteiger partial charge < -0.3 is 9.30 Å². The van der Waals surface area contributed by atoms with Crippen LogP contribution in [0.4, 0.5) is 4.39 Å². The zero-order valence-corrected chi connectivity index (χ0v) is 33.9. The quantitative estimate of drug-likeness (QED) is 0.118. The summed E-state index contributed by atoms with van der Waals surface area (Å²) in [5.41, 5.74) is 9.62. The molecule has 7 heteroatoms. The molecule has 0 N–H and O–H groups in total. The molecule has 6 aromatic rings. The molecule has 5 nitrogen and oxygen atoms in total. The van der Waals surface area contributed by atoms with Gasteiger partial charge in [0.05, 0.1) is 5.69 Å². The van der Waals surface area contributed by atoms with Crippen LogP contribution in [0, 0.1) is 30.8 Å². The minimum Gasteiger partial charge on any atom is -0.509 e. The van der Waals surface area contributed by atoms with E-state index in [-0.39, 0.29) is 26.9 Å². The topological polar surface area (TPSA) is 44.9 Å². The van der Waals surface area contributed by atoms with Gasteiger partial charge in [0.2, 0.25) is 0 Å². The first-order valence-electron chi connectivity index (χ1n) is 20.0. The van der Waals surface area contributed by atoms with E-state index in [4.69, 9.17) is 9.84 Å². The summed E-state index contributed by atoms with van der Waals surface area (Å²) in [6.07, 6.45) is 19.0. The van der Waals surface area contributed by atoms with Crippen molar-refractivity contribution < 1.29 is 30.2 Å². The van der Waals surface area contributed by atoms with Gasteiger partial charge in [-0.1, -0.05) is 87.7 Å². The van der Waals surface area contributed by atoms with Gasteiger partial charge in [0.1, 0.15) is 11.6 Å². The van der Waals surface area contributed by atoms with Crippen LogP contribution >= 0.6 is 0 Å². The number of nitrogens with zero attached hydrogens (tertiary/aromatic N) is 4. The van der Waals surface area contributed by atoms with Crippen molar-refractivity contribution in [2.24, 2.45) is 5.92 Å². The van der Waals surface area contributed by atoms with Crippen LogP contribution in [-0.4, -0.2) is 19.3 Å². The second kappa shape index (κ2) is 15.6.